The van der Waals surface area contributed by atoms with Crippen LogP contribution >= 0.6 is 0 Å². The minimum atomic E-state index is -1.60. The normalized spacial score (nSPS) is 49.4. The minimum Gasteiger partial charge on any atom is -0.504 e. The Hall–Kier alpha value is -1.24. The Morgan fingerprint density at radius 1 is 1.19 bits per heavy atom. The second kappa shape index (κ2) is 5.88. The Kier molecular flexibility index (Phi) is 4.16. The second-order valence-electron chi connectivity index (χ2n) is 9.67. The van der Waals surface area contributed by atoms with E-state index in [9.17, 15) is 30.0 Å². The average Bonchev–Trinajstić information content (AvgIpc) is 2.89. The zero-order valence-electron chi connectivity index (χ0n) is 16.1. The number of rotatable bonds is 2. The number of aliphatic hydroxyl groups excluding tert-OH is 3. The Balaban J connectivity index is 1.76. The van der Waals surface area contributed by atoms with Gasteiger partial charge in [0, 0.05) is 11.8 Å². The molecule has 3 saturated carbocycles. The molecule has 0 aromatic heterocycles. The van der Waals surface area contributed by atoms with Crippen molar-refractivity contribution in [3.63, 3.8) is 0 Å². The highest BCUT2D eigenvalue weighted by molar-refractivity contribution is 5.95. The van der Waals surface area contributed by atoms with Crippen LogP contribution in [0.4, 0.5) is 0 Å². The third kappa shape index (κ3) is 2.23. The molecule has 4 aliphatic carbocycles. The first kappa shape index (κ1) is 19.1. The highest BCUT2D eigenvalue weighted by Gasteiger charge is 2.68. The van der Waals surface area contributed by atoms with Gasteiger partial charge < -0.3 is 20.4 Å². The molecule has 0 spiro atoms. The zero-order valence-corrected chi connectivity index (χ0v) is 16.1. The fourth-order valence-electron chi connectivity index (χ4n) is 7.41. The summed E-state index contributed by atoms with van der Waals surface area (Å²) in [4.78, 5) is 24.4. The molecule has 6 nitrogen and oxygen atoms in total. The van der Waals surface area contributed by atoms with Gasteiger partial charge >= 0.3 is 0 Å². The molecular weight excluding hydrogens is 348 g/mol. The van der Waals surface area contributed by atoms with Gasteiger partial charge in [0.2, 0.25) is 0 Å². The van der Waals surface area contributed by atoms with E-state index in [2.05, 4.69) is 0 Å². The van der Waals surface area contributed by atoms with Crippen LogP contribution in [0.1, 0.15) is 58.8 Å². The van der Waals surface area contributed by atoms with Crippen LogP contribution in [0.15, 0.2) is 11.3 Å². The van der Waals surface area contributed by atoms with Crippen molar-refractivity contribution in [2.45, 2.75) is 70.5 Å². The van der Waals surface area contributed by atoms with E-state index in [0.29, 0.717) is 32.1 Å². The number of allylic oxidation sites excluding steroid dienone is 1. The average molecular weight is 378 g/mol. The second-order valence-corrected chi connectivity index (χ2v) is 9.67. The van der Waals surface area contributed by atoms with Crippen molar-refractivity contribution in [2.75, 3.05) is 6.61 Å². The molecule has 0 radical (unpaired) electrons. The van der Waals surface area contributed by atoms with Gasteiger partial charge in [0.25, 0.3) is 0 Å². The van der Waals surface area contributed by atoms with Crippen molar-refractivity contribution in [2.24, 2.45) is 28.6 Å². The molecular formula is C21H30O6. The fourth-order valence-corrected chi connectivity index (χ4v) is 7.41. The van der Waals surface area contributed by atoms with Gasteiger partial charge in [-0.05, 0) is 67.3 Å². The quantitative estimate of drug-likeness (QED) is 0.581. The van der Waals surface area contributed by atoms with Crippen LogP contribution in [0, 0.1) is 28.6 Å². The number of carbonyl (C=O) groups excluding carboxylic acids is 2. The van der Waals surface area contributed by atoms with Gasteiger partial charge in [0.1, 0.15) is 12.2 Å². The SMILES string of the molecule is C[C@]12CCC(=O)C(O)=C1CC[C@@H]1[C@@H]2[C@@H](O)C[C@@]2(C)[C@H]1CC[C@]2(O)C(=O)CO. The Labute approximate surface area is 159 Å². The maximum absolute atomic E-state index is 12.4. The third-order valence-electron chi connectivity index (χ3n) is 8.79. The van der Waals surface area contributed by atoms with Crippen LogP contribution in [-0.4, -0.2) is 50.3 Å². The van der Waals surface area contributed by atoms with E-state index in [1.165, 1.54) is 0 Å². The summed E-state index contributed by atoms with van der Waals surface area (Å²) in [6, 6.07) is 0. The number of hydrogen-bond donors (Lipinski definition) is 4. The van der Waals surface area contributed by atoms with Gasteiger partial charge in [-0.3, -0.25) is 9.59 Å². The summed E-state index contributed by atoms with van der Waals surface area (Å²) >= 11 is 0. The number of aliphatic hydroxyl groups is 4. The maximum Gasteiger partial charge on any atom is 0.197 e. The Morgan fingerprint density at radius 3 is 2.56 bits per heavy atom. The topological polar surface area (TPSA) is 115 Å². The standard InChI is InChI=1S/C21H30O6/c1-19-7-6-14(23)18(26)13(19)4-3-11-12-5-8-21(27,16(25)10-22)20(12,2)9-15(24)17(11)19/h11-12,15,17,22,24,26-27H,3-10H2,1-2H3/t11-,12-,15-,17+,19-,20-,21-/m0/s1. The monoisotopic (exact) mass is 378 g/mol. The lowest BCUT2D eigenvalue weighted by Gasteiger charge is -2.60. The number of fused-ring (bicyclic) bond motifs is 5. The van der Waals surface area contributed by atoms with Crippen molar-refractivity contribution in [3.05, 3.63) is 11.3 Å². The summed E-state index contributed by atoms with van der Waals surface area (Å²) in [6.45, 7) is 3.24. The molecule has 4 aliphatic rings. The molecule has 0 heterocycles. The van der Waals surface area contributed by atoms with Gasteiger partial charge in [-0.15, -0.1) is 0 Å². The molecule has 7 atom stereocenters. The molecule has 27 heavy (non-hydrogen) atoms. The minimum absolute atomic E-state index is 0.0737. The molecule has 4 N–H and O–H groups in total. The first-order chi connectivity index (χ1) is 12.6. The molecule has 0 saturated heterocycles. The van der Waals surface area contributed by atoms with E-state index >= 15 is 0 Å². The molecule has 4 rings (SSSR count). The number of hydrogen-bond acceptors (Lipinski definition) is 6. The highest BCUT2D eigenvalue weighted by atomic mass is 16.3. The molecule has 6 heteroatoms. The third-order valence-corrected chi connectivity index (χ3v) is 8.79. The van der Waals surface area contributed by atoms with E-state index in [-0.39, 0.29) is 35.7 Å². The molecule has 150 valence electrons. The zero-order chi connectivity index (χ0) is 19.8. The highest BCUT2D eigenvalue weighted by Crippen LogP contribution is 2.67. The lowest BCUT2D eigenvalue weighted by Crippen LogP contribution is -2.62. The first-order valence-corrected chi connectivity index (χ1v) is 10.1. The van der Waals surface area contributed by atoms with E-state index in [1.54, 1.807) is 0 Å². The van der Waals surface area contributed by atoms with Crippen LogP contribution in [0.3, 0.4) is 0 Å². The smallest absolute Gasteiger partial charge is 0.197 e. The summed E-state index contributed by atoms with van der Waals surface area (Å²) < 4.78 is 0. The van der Waals surface area contributed by atoms with Gasteiger partial charge in [0.05, 0.1) is 6.10 Å². The largest absolute Gasteiger partial charge is 0.504 e. The van der Waals surface area contributed by atoms with Crippen molar-refractivity contribution < 1.29 is 30.0 Å². The number of ketones is 2. The summed E-state index contributed by atoms with van der Waals surface area (Å²) in [6.07, 6.45) is 2.81. The van der Waals surface area contributed by atoms with Crippen LogP contribution in [0.25, 0.3) is 0 Å². The fraction of sp³-hybridized carbons (Fsp3) is 0.810. The summed E-state index contributed by atoms with van der Waals surface area (Å²) in [7, 11) is 0. The van der Waals surface area contributed by atoms with Gasteiger partial charge in [0.15, 0.2) is 17.3 Å². The number of carbonyl (C=O) groups is 2. The molecule has 0 aromatic rings. The molecule has 0 aromatic carbocycles. The van der Waals surface area contributed by atoms with Crippen molar-refractivity contribution in [1.29, 1.82) is 0 Å². The summed E-state index contributed by atoms with van der Waals surface area (Å²) in [5.74, 6) is -0.776. The van der Waals surface area contributed by atoms with Crippen molar-refractivity contribution >= 4 is 11.6 Å². The predicted octanol–water partition coefficient (Wildman–Crippen LogP) is 1.67. The van der Waals surface area contributed by atoms with E-state index in [1.807, 2.05) is 13.8 Å². The maximum atomic E-state index is 12.4. The van der Waals surface area contributed by atoms with Gasteiger partial charge in [-0.25, -0.2) is 0 Å². The molecule has 0 amide bonds. The summed E-state index contributed by atoms with van der Waals surface area (Å²) in [5.41, 5.74) is -2.01. The Bertz CT molecular complexity index is 728. The lowest BCUT2D eigenvalue weighted by molar-refractivity contribution is -0.182. The first-order valence-electron chi connectivity index (χ1n) is 10.1. The van der Waals surface area contributed by atoms with Crippen molar-refractivity contribution in [3.8, 4) is 0 Å². The lowest BCUT2D eigenvalue weighted by atomic mass is 9.45. The van der Waals surface area contributed by atoms with Crippen LogP contribution in [0.2, 0.25) is 0 Å². The van der Waals surface area contributed by atoms with Crippen LogP contribution in [0.5, 0.6) is 0 Å². The molecule has 0 aliphatic heterocycles. The van der Waals surface area contributed by atoms with E-state index < -0.39 is 34.9 Å². The molecule has 0 unspecified atom stereocenters. The predicted molar refractivity (Wildman–Crippen MR) is 96.7 cm³/mol. The van der Waals surface area contributed by atoms with Crippen molar-refractivity contribution in [1.82, 2.24) is 0 Å². The van der Waals surface area contributed by atoms with E-state index in [4.69, 9.17) is 0 Å². The summed E-state index contributed by atoms with van der Waals surface area (Å²) in [5, 5.41) is 42.1. The van der Waals surface area contributed by atoms with E-state index in [0.717, 1.165) is 12.0 Å². The van der Waals surface area contributed by atoms with Crippen LogP contribution in [-0.2, 0) is 9.59 Å². The molecule has 3 fully saturated rings. The van der Waals surface area contributed by atoms with Gasteiger partial charge in [-0.1, -0.05) is 13.8 Å². The Morgan fingerprint density at radius 2 is 1.89 bits per heavy atom. The van der Waals surface area contributed by atoms with Gasteiger partial charge in [-0.2, -0.15) is 0 Å². The number of Topliss-reactive ketones (excluding diaryl/α,β-unsaturated/α-hetero) is 2. The van der Waals surface area contributed by atoms with Crippen LogP contribution < -0.4 is 0 Å². The molecule has 0 bridgehead atoms.